The smallest absolute Gasteiger partial charge is 0.260 e. The summed E-state index contributed by atoms with van der Waals surface area (Å²) in [6.07, 6.45) is 7.90. The molecule has 2 aliphatic rings. The van der Waals surface area contributed by atoms with Crippen LogP contribution >= 0.6 is 11.6 Å². The van der Waals surface area contributed by atoms with E-state index in [0.717, 1.165) is 24.8 Å². The topological polar surface area (TPSA) is 107 Å². The minimum atomic E-state index is -3.96. The molecule has 6 atom stereocenters. The number of amides is 1. The van der Waals surface area contributed by atoms with Crippen LogP contribution in [-0.2, 0) is 21.2 Å². The predicted molar refractivity (Wildman–Crippen MR) is 169 cm³/mol. The second kappa shape index (κ2) is 14.3. The molecule has 3 rings (SSSR count). The third-order valence-corrected chi connectivity index (χ3v) is 11.0. The molecule has 1 heterocycles. The molecule has 1 saturated carbocycles. The van der Waals surface area contributed by atoms with Crippen LogP contribution in [0.1, 0.15) is 70.9 Å². The lowest BCUT2D eigenvalue weighted by Gasteiger charge is -2.46. The van der Waals surface area contributed by atoms with Crippen molar-refractivity contribution in [3.05, 3.63) is 70.4 Å². The predicted octanol–water partition coefficient (Wildman–Crippen LogP) is 4.95. The first-order valence-corrected chi connectivity index (χ1v) is 16.6. The standard InChI is InChI=1S/C33H45ClN2O5S/c1-7-27-19-29(34)12-13-30(27)24(4)20-36-21-28-11-14-31(28)33(39,16-9-17-37)15-8-10-22(2)26(6)42(40,41)35-32(38)23(3)18-25(36)5/h8,12-13,15,18-19,22,24,26,28,31,37,39H,5,7,10-11,14,17,20-21H2,1-4,6H3,(H,35,38)/b15-8+,23-18+/t22-,24+,26+,28-,31+,33-/m0/s1. The molecule has 1 fully saturated rings. The van der Waals surface area contributed by atoms with Crippen molar-refractivity contribution in [1.82, 2.24) is 9.62 Å². The maximum absolute atomic E-state index is 13.0. The number of hydrogen-bond donors (Lipinski definition) is 3. The van der Waals surface area contributed by atoms with Gasteiger partial charge in [-0.25, -0.2) is 13.1 Å². The van der Waals surface area contributed by atoms with Gasteiger partial charge in [0, 0.05) is 35.3 Å². The highest BCUT2D eigenvalue weighted by molar-refractivity contribution is 7.90. The molecule has 7 nitrogen and oxygen atoms in total. The second-order valence-corrected chi connectivity index (χ2v) is 14.3. The van der Waals surface area contributed by atoms with Crippen LogP contribution in [0, 0.1) is 29.6 Å². The molecule has 1 aromatic carbocycles. The van der Waals surface area contributed by atoms with Gasteiger partial charge in [-0.2, -0.15) is 0 Å². The number of fused-ring (bicyclic) bond motifs is 1. The summed E-state index contributed by atoms with van der Waals surface area (Å²) in [6, 6.07) is 5.93. The molecule has 230 valence electrons. The minimum Gasteiger partial charge on any atom is -0.384 e. The highest BCUT2D eigenvalue weighted by atomic mass is 35.5. The van der Waals surface area contributed by atoms with Crippen LogP contribution in [0.3, 0.4) is 0 Å². The molecule has 0 bridgehead atoms. The Morgan fingerprint density at radius 3 is 2.62 bits per heavy atom. The highest BCUT2D eigenvalue weighted by Crippen LogP contribution is 2.44. The lowest BCUT2D eigenvalue weighted by molar-refractivity contribution is -0.115. The monoisotopic (exact) mass is 616 g/mol. The fourth-order valence-corrected chi connectivity index (χ4v) is 7.38. The van der Waals surface area contributed by atoms with Gasteiger partial charge in [-0.15, -0.1) is 0 Å². The van der Waals surface area contributed by atoms with Crippen molar-refractivity contribution in [2.75, 3.05) is 19.7 Å². The molecule has 0 radical (unpaired) electrons. The number of aryl methyl sites for hydroxylation is 1. The van der Waals surface area contributed by atoms with Gasteiger partial charge in [0.1, 0.15) is 12.2 Å². The number of benzene rings is 1. The molecule has 9 heteroatoms. The van der Waals surface area contributed by atoms with Gasteiger partial charge in [0.15, 0.2) is 0 Å². The van der Waals surface area contributed by atoms with E-state index < -0.39 is 26.8 Å². The number of allylic oxidation sites excluding steroid dienone is 2. The molecular weight excluding hydrogens is 572 g/mol. The minimum absolute atomic E-state index is 0.0830. The van der Waals surface area contributed by atoms with Gasteiger partial charge in [0.2, 0.25) is 10.0 Å². The first-order valence-electron chi connectivity index (χ1n) is 14.7. The number of nitrogens with one attached hydrogen (secondary N) is 1. The SMILES string of the molecule is C=C1/C=C(\C)C(=O)NS(=O)(=O)[C@H](C)[C@@H](C)C/C=C/[C@](O)(C#CCO)[C@@H]2CC[C@H]2CN1C[C@@H](C)c1ccc(Cl)cc1CC. The van der Waals surface area contributed by atoms with E-state index in [0.29, 0.717) is 30.2 Å². The molecule has 1 aliphatic carbocycles. The number of nitrogens with zero attached hydrogens (tertiary/aromatic N) is 1. The van der Waals surface area contributed by atoms with Crippen molar-refractivity contribution in [3.8, 4) is 11.8 Å². The summed E-state index contributed by atoms with van der Waals surface area (Å²) >= 11 is 6.27. The summed E-state index contributed by atoms with van der Waals surface area (Å²) in [7, 11) is -3.96. The number of aliphatic hydroxyl groups excluding tert-OH is 1. The van der Waals surface area contributed by atoms with Crippen LogP contribution in [0.4, 0.5) is 0 Å². The summed E-state index contributed by atoms with van der Waals surface area (Å²) in [4.78, 5) is 15.1. The Morgan fingerprint density at radius 2 is 2.00 bits per heavy atom. The molecule has 0 unspecified atom stereocenters. The molecule has 42 heavy (non-hydrogen) atoms. The molecule has 0 aromatic heterocycles. The van der Waals surface area contributed by atoms with E-state index in [9.17, 15) is 23.4 Å². The average Bonchev–Trinajstić information content (AvgIpc) is 2.91. The number of halogens is 1. The Hall–Kier alpha value is -2.57. The van der Waals surface area contributed by atoms with Crippen LogP contribution < -0.4 is 4.72 Å². The van der Waals surface area contributed by atoms with E-state index in [1.165, 1.54) is 5.56 Å². The van der Waals surface area contributed by atoms with Gasteiger partial charge in [0.25, 0.3) is 5.91 Å². The molecule has 1 aromatic rings. The Labute approximate surface area is 256 Å². The highest BCUT2D eigenvalue weighted by Gasteiger charge is 2.45. The molecule has 0 spiro atoms. The van der Waals surface area contributed by atoms with Crippen molar-refractivity contribution >= 4 is 27.5 Å². The Morgan fingerprint density at radius 1 is 1.29 bits per heavy atom. The van der Waals surface area contributed by atoms with Gasteiger partial charge < -0.3 is 15.1 Å². The summed E-state index contributed by atoms with van der Waals surface area (Å²) in [6.45, 7) is 14.2. The Kier molecular flexibility index (Phi) is 11.5. The third kappa shape index (κ3) is 8.08. The van der Waals surface area contributed by atoms with Crippen LogP contribution in [0.5, 0.6) is 0 Å². The van der Waals surface area contributed by atoms with Crippen LogP contribution in [0.2, 0.25) is 5.02 Å². The van der Waals surface area contributed by atoms with E-state index >= 15 is 0 Å². The maximum Gasteiger partial charge on any atom is 0.260 e. The van der Waals surface area contributed by atoms with E-state index in [2.05, 4.69) is 41.9 Å². The second-order valence-electron chi connectivity index (χ2n) is 11.8. The third-order valence-electron chi connectivity index (χ3n) is 8.87. The van der Waals surface area contributed by atoms with E-state index in [-0.39, 0.29) is 35.9 Å². The van der Waals surface area contributed by atoms with Crippen molar-refractivity contribution in [1.29, 1.82) is 0 Å². The van der Waals surface area contributed by atoms with Crippen LogP contribution in [-0.4, -0.2) is 60.0 Å². The van der Waals surface area contributed by atoms with E-state index in [1.54, 1.807) is 39.0 Å². The lowest BCUT2D eigenvalue weighted by atomic mass is 9.64. The van der Waals surface area contributed by atoms with Crippen molar-refractivity contribution in [3.63, 3.8) is 0 Å². The largest absolute Gasteiger partial charge is 0.384 e. The normalized spacial score (nSPS) is 31.3. The van der Waals surface area contributed by atoms with Gasteiger partial charge in [0.05, 0.1) is 5.25 Å². The van der Waals surface area contributed by atoms with Crippen LogP contribution in [0.15, 0.2) is 54.3 Å². The fraction of sp³-hybridized carbons (Fsp3) is 0.545. The number of hydrogen-bond acceptors (Lipinski definition) is 6. The number of rotatable bonds is 4. The summed E-state index contributed by atoms with van der Waals surface area (Å²) < 4.78 is 28.3. The zero-order chi connectivity index (χ0) is 31.2. The van der Waals surface area contributed by atoms with Crippen molar-refractivity contribution < 1.29 is 23.4 Å². The number of carbonyl (C=O) groups excluding carboxylic acids is 1. The Balaban J connectivity index is 2.04. The number of sulfonamides is 1. The van der Waals surface area contributed by atoms with Crippen LogP contribution in [0.25, 0.3) is 0 Å². The number of aliphatic hydroxyl groups is 2. The van der Waals surface area contributed by atoms with Gasteiger partial charge >= 0.3 is 0 Å². The summed E-state index contributed by atoms with van der Waals surface area (Å²) in [5, 5.41) is 21.0. The molecule has 0 saturated heterocycles. The number of carbonyl (C=O) groups is 1. The first-order chi connectivity index (χ1) is 19.7. The van der Waals surface area contributed by atoms with E-state index in [1.807, 2.05) is 18.2 Å². The molecule has 3 N–H and O–H groups in total. The fourth-order valence-electron chi connectivity index (χ4n) is 5.86. The average molecular weight is 617 g/mol. The van der Waals surface area contributed by atoms with E-state index in [4.69, 9.17) is 11.6 Å². The van der Waals surface area contributed by atoms with Gasteiger partial charge in [-0.1, -0.05) is 62.9 Å². The van der Waals surface area contributed by atoms with Crippen molar-refractivity contribution in [2.24, 2.45) is 17.8 Å². The molecular formula is C33H45ClN2O5S. The quantitative estimate of drug-likeness (QED) is 0.326. The molecule has 1 aliphatic heterocycles. The zero-order valence-electron chi connectivity index (χ0n) is 25.4. The van der Waals surface area contributed by atoms with Gasteiger partial charge in [-0.05, 0) is 92.7 Å². The first kappa shape index (κ1) is 33.9. The molecule has 1 amide bonds. The summed E-state index contributed by atoms with van der Waals surface area (Å²) in [5.74, 6) is 4.51. The maximum atomic E-state index is 13.0. The van der Waals surface area contributed by atoms with Gasteiger partial charge in [-0.3, -0.25) is 4.79 Å². The summed E-state index contributed by atoms with van der Waals surface area (Å²) in [5.41, 5.74) is 1.69. The van der Waals surface area contributed by atoms with Crippen molar-refractivity contribution in [2.45, 2.75) is 77.1 Å². The zero-order valence-corrected chi connectivity index (χ0v) is 26.9. The Bertz CT molecular complexity index is 1390. The lowest BCUT2D eigenvalue weighted by Crippen LogP contribution is -2.49.